The van der Waals surface area contributed by atoms with E-state index in [4.69, 9.17) is 18.9 Å². The molecule has 6 heteroatoms. The zero-order valence-electron chi connectivity index (χ0n) is 16.1. The molecule has 2 fully saturated rings. The molecule has 0 saturated carbocycles. The Morgan fingerprint density at radius 1 is 1.22 bits per heavy atom. The number of benzene rings is 1. The second kappa shape index (κ2) is 8.07. The summed E-state index contributed by atoms with van der Waals surface area (Å²) in [6.45, 7) is 6.85. The molecule has 3 aliphatic rings. The van der Waals surface area contributed by atoms with Crippen molar-refractivity contribution in [3.8, 4) is 11.5 Å². The summed E-state index contributed by atoms with van der Waals surface area (Å²) < 4.78 is 23.1. The molecule has 3 aliphatic heterocycles. The second-order valence-electron chi connectivity index (χ2n) is 7.51. The van der Waals surface area contributed by atoms with Crippen molar-refractivity contribution >= 4 is 5.91 Å². The summed E-state index contributed by atoms with van der Waals surface area (Å²) in [5, 5.41) is 0. The molecule has 1 amide bonds. The van der Waals surface area contributed by atoms with E-state index in [1.807, 2.05) is 30.0 Å². The van der Waals surface area contributed by atoms with Crippen molar-refractivity contribution < 1.29 is 23.7 Å². The Morgan fingerprint density at radius 3 is 2.85 bits per heavy atom. The van der Waals surface area contributed by atoms with Gasteiger partial charge in [0.2, 0.25) is 0 Å². The molecule has 3 heterocycles. The Kier molecular flexibility index (Phi) is 5.55. The van der Waals surface area contributed by atoms with Gasteiger partial charge >= 0.3 is 0 Å². The van der Waals surface area contributed by atoms with Crippen LogP contribution in [-0.4, -0.2) is 62.5 Å². The minimum Gasteiger partial charge on any atom is -0.486 e. The maximum absolute atomic E-state index is 13.1. The fourth-order valence-corrected chi connectivity index (χ4v) is 4.62. The van der Waals surface area contributed by atoms with Crippen molar-refractivity contribution in [1.82, 2.24) is 4.90 Å². The molecule has 0 radical (unpaired) electrons. The molecule has 0 aromatic heterocycles. The van der Waals surface area contributed by atoms with E-state index in [1.165, 1.54) is 0 Å². The summed E-state index contributed by atoms with van der Waals surface area (Å²) >= 11 is 0. The molecule has 2 saturated heterocycles. The van der Waals surface area contributed by atoms with Crippen LogP contribution < -0.4 is 9.47 Å². The second-order valence-corrected chi connectivity index (χ2v) is 7.51. The van der Waals surface area contributed by atoms with E-state index in [2.05, 4.69) is 0 Å². The molecule has 0 aliphatic carbocycles. The molecule has 148 valence electrons. The predicted molar refractivity (Wildman–Crippen MR) is 100 cm³/mol. The Labute approximate surface area is 160 Å². The number of fused-ring (bicyclic) bond motifs is 1. The summed E-state index contributed by atoms with van der Waals surface area (Å²) in [4.78, 5) is 15.0. The third kappa shape index (κ3) is 3.65. The Balaban J connectivity index is 1.41. The first kappa shape index (κ1) is 18.6. The lowest BCUT2D eigenvalue weighted by Crippen LogP contribution is -2.49. The molecule has 27 heavy (non-hydrogen) atoms. The largest absolute Gasteiger partial charge is 0.486 e. The number of rotatable bonds is 5. The van der Waals surface area contributed by atoms with E-state index in [0.29, 0.717) is 49.3 Å². The average molecular weight is 375 g/mol. The smallest absolute Gasteiger partial charge is 0.257 e. The number of piperidine rings is 1. The highest BCUT2D eigenvalue weighted by Crippen LogP contribution is 2.43. The van der Waals surface area contributed by atoms with Crippen LogP contribution >= 0.6 is 0 Å². The number of ether oxygens (including phenoxy) is 4. The molecular weight excluding hydrogens is 346 g/mol. The van der Waals surface area contributed by atoms with Crippen LogP contribution in [0.3, 0.4) is 0 Å². The van der Waals surface area contributed by atoms with Crippen molar-refractivity contribution in [2.75, 3.05) is 46.1 Å². The van der Waals surface area contributed by atoms with E-state index < -0.39 is 0 Å². The zero-order valence-corrected chi connectivity index (χ0v) is 16.1. The van der Waals surface area contributed by atoms with Gasteiger partial charge in [0.25, 0.3) is 5.91 Å². The van der Waals surface area contributed by atoms with Gasteiger partial charge in [0, 0.05) is 32.9 Å². The van der Waals surface area contributed by atoms with Crippen LogP contribution in [-0.2, 0) is 9.47 Å². The van der Waals surface area contributed by atoms with Gasteiger partial charge in [-0.3, -0.25) is 4.79 Å². The average Bonchev–Trinajstić information content (AvgIpc) is 3.10. The van der Waals surface area contributed by atoms with Gasteiger partial charge in [0.05, 0.1) is 11.2 Å². The molecule has 0 bridgehead atoms. The van der Waals surface area contributed by atoms with E-state index in [0.717, 1.165) is 45.5 Å². The van der Waals surface area contributed by atoms with E-state index in [-0.39, 0.29) is 11.5 Å². The Hall–Kier alpha value is -1.79. The fourth-order valence-electron chi connectivity index (χ4n) is 4.62. The first-order valence-electron chi connectivity index (χ1n) is 10.1. The summed E-state index contributed by atoms with van der Waals surface area (Å²) in [6.07, 6.45) is 3.92. The highest BCUT2D eigenvalue weighted by molar-refractivity contribution is 5.98. The van der Waals surface area contributed by atoms with Gasteiger partial charge in [0.15, 0.2) is 11.5 Å². The molecule has 1 aromatic carbocycles. The number of hydrogen-bond acceptors (Lipinski definition) is 5. The van der Waals surface area contributed by atoms with Crippen LogP contribution in [0.1, 0.15) is 43.0 Å². The molecule has 1 atom stereocenters. The molecule has 1 unspecified atom stereocenters. The first-order valence-corrected chi connectivity index (χ1v) is 10.1. The lowest BCUT2D eigenvalue weighted by atomic mass is 9.78. The first-order chi connectivity index (χ1) is 13.2. The number of carbonyl (C=O) groups excluding carboxylic acids is 1. The summed E-state index contributed by atoms with van der Waals surface area (Å²) in [6, 6.07) is 5.54. The van der Waals surface area contributed by atoms with Crippen LogP contribution in [0.2, 0.25) is 0 Å². The maximum Gasteiger partial charge on any atom is 0.257 e. The lowest BCUT2D eigenvalue weighted by Gasteiger charge is -2.42. The molecule has 1 spiro atoms. The van der Waals surface area contributed by atoms with Gasteiger partial charge in [-0.25, -0.2) is 0 Å². The van der Waals surface area contributed by atoms with Crippen LogP contribution in [0.5, 0.6) is 11.5 Å². The number of carbonyl (C=O) groups is 1. The minimum absolute atomic E-state index is 0.0241. The molecule has 1 aromatic rings. The monoisotopic (exact) mass is 375 g/mol. The van der Waals surface area contributed by atoms with Gasteiger partial charge in [-0.2, -0.15) is 0 Å². The van der Waals surface area contributed by atoms with Gasteiger partial charge in [-0.1, -0.05) is 6.07 Å². The molecule has 0 N–H and O–H groups in total. The predicted octanol–water partition coefficient (Wildman–Crippen LogP) is 2.90. The summed E-state index contributed by atoms with van der Waals surface area (Å²) in [7, 11) is 0. The lowest BCUT2D eigenvalue weighted by molar-refractivity contribution is -0.0669. The van der Waals surface area contributed by atoms with Gasteiger partial charge in [0.1, 0.15) is 13.2 Å². The molecule has 6 nitrogen and oxygen atoms in total. The fraction of sp³-hybridized carbons (Fsp3) is 0.667. The molecule has 4 rings (SSSR count). The van der Waals surface area contributed by atoms with Gasteiger partial charge in [-0.15, -0.1) is 0 Å². The van der Waals surface area contributed by atoms with Crippen molar-refractivity contribution in [2.24, 2.45) is 5.92 Å². The van der Waals surface area contributed by atoms with Crippen molar-refractivity contribution in [2.45, 2.75) is 38.2 Å². The highest BCUT2D eigenvalue weighted by Gasteiger charge is 2.46. The van der Waals surface area contributed by atoms with E-state index in [9.17, 15) is 4.79 Å². The maximum atomic E-state index is 13.1. The standard InChI is InChI=1S/C21H29NO5/c1-2-24-12-6-16-7-13-27-21(16)8-10-22(11-9-21)20(23)17-4-3-5-18-19(17)26-15-14-25-18/h3-5,16H,2,6-15H2,1H3. The topological polar surface area (TPSA) is 57.2 Å². The normalized spacial score (nSPS) is 23.6. The Morgan fingerprint density at radius 2 is 2.04 bits per heavy atom. The minimum atomic E-state index is -0.0798. The Bertz CT molecular complexity index is 669. The number of hydrogen-bond donors (Lipinski definition) is 0. The number of amides is 1. The van der Waals surface area contributed by atoms with Crippen LogP contribution in [0.25, 0.3) is 0 Å². The quantitative estimate of drug-likeness (QED) is 0.741. The van der Waals surface area contributed by atoms with Gasteiger partial charge in [-0.05, 0) is 50.7 Å². The van der Waals surface area contributed by atoms with E-state index in [1.54, 1.807) is 0 Å². The number of likely N-dealkylation sites (tertiary alicyclic amines) is 1. The third-order valence-corrected chi connectivity index (χ3v) is 6.11. The number of para-hydroxylation sites is 1. The van der Waals surface area contributed by atoms with E-state index >= 15 is 0 Å². The third-order valence-electron chi connectivity index (χ3n) is 6.11. The van der Waals surface area contributed by atoms with Crippen molar-refractivity contribution in [1.29, 1.82) is 0 Å². The highest BCUT2D eigenvalue weighted by atomic mass is 16.6. The van der Waals surface area contributed by atoms with Crippen molar-refractivity contribution in [3.63, 3.8) is 0 Å². The van der Waals surface area contributed by atoms with Crippen LogP contribution in [0, 0.1) is 5.92 Å². The van der Waals surface area contributed by atoms with Crippen LogP contribution in [0.4, 0.5) is 0 Å². The molecular formula is C21H29NO5. The summed E-state index contributed by atoms with van der Waals surface area (Å²) in [5.41, 5.74) is 0.521. The summed E-state index contributed by atoms with van der Waals surface area (Å²) in [5.74, 6) is 1.80. The zero-order chi connectivity index (χ0) is 18.7. The SMILES string of the molecule is CCOCCC1CCOC12CCN(C(=O)c1cccc3c1OCCO3)CC2. The van der Waals surface area contributed by atoms with Gasteiger partial charge < -0.3 is 23.8 Å². The number of nitrogens with zero attached hydrogens (tertiary/aromatic N) is 1. The van der Waals surface area contributed by atoms with Crippen LogP contribution in [0.15, 0.2) is 18.2 Å². The van der Waals surface area contributed by atoms with Crippen molar-refractivity contribution in [3.05, 3.63) is 23.8 Å².